The molecule has 1 aliphatic heterocycles. The molecule has 3 aromatic rings. The summed E-state index contributed by atoms with van der Waals surface area (Å²) < 4.78 is 60.2. The Morgan fingerprint density at radius 1 is 1.08 bits per heavy atom. The van der Waals surface area contributed by atoms with Gasteiger partial charge < -0.3 is 23.9 Å². The van der Waals surface area contributed by atoms with Crippen LogP contribution in [0.4, 0.5) is 8.78 Å². The first-order valence-electron chi connectivity index (χ1n) is 11.6. The van der Waals surface area contributed by atoms with E-state index >= 15 is 0 Å². The van der Waals surface area contributed by atoms with Crippen molar-refractivity contribution in [3.63, 3.8) is 0 Å². The van der Waals surface area contributed by atoms with Crippen LogP contribution in [0.25, 0.3) is 10.9 Å². The Balaban J connectivity index is 0.000000568. The lowest BCUT2D eigenvalue weighted by Crippen LogP contribution is -2.29. The van der Waals surface area contributed by atoms with Gasteiger partial charge in [-0.1, -0.05) is 13.0 Å². The van der Waals surface area contributed by atoms with Gasteiger partial charge in [-0.2, -0.15) is 8.42 Å². The first-order valence-corrected chi connectivity index (χ1v) is 13.0. The summed E-state index contributed by atoms with van der Waals surface area (Å²) in [5.74, 6) is -5.86. The van der Waals surface area contributed by atoms with Gasteiger partial charge in [-0.05, 0) is 81.2 Å². The third-order valence-electron chi connectivity index (χ3n) is 6.08. The van der Waals surface area contributed by atoms with Gasteiger partial charge in [0, 0.05) is 23.6 Å². The Morgan fingerprint density at radius 2 is 1.73 bits per heavy atom. The molecule has 0 unspecified atom stereocenters. The summed E-state index contributed by atoms with van der Waals surface area (Å²) in [7, 11) is -2.40. The first kappa shape index (κ1) is 28.1. The highest BCUT2D eigenvalue weighted by atomic mass is 32.2. The monoisotopic (exact) mass is 538 g/mol. The standard InChI is InChI=1S/C23H26F2N2O3S.C2H2O4/c1-3-11-27-15-19(16-9-12-26(2)13-10-16)18-14-17(7-8-21(18)27)30-31(28,29)22-6-4-5-20(24)23(22)25;3-1(4)2(5)6/h4-8,14-16H,3,9-13H2,1-2H3;(H,3,4)(H,5,6). The van der Waals surface area contributed by atoms with Gasteiger partial charge in [0.1, 0.15) is 10.6 Å². The highest BCUT2D eigenvalue weighted by Crippen LogP contribution is 2.36. The van der Waals surface area contributed by atoms with Crippen LogP contribution in [0.3, 0.4) is 0 Å². The smallest absolute Gasteiger partial charge is 0.414 e. The van der Waals surface area contributed by atoms with E-state index in [1.807, 2.05) is 6.07 Å². The molecule has 200 valence electrons. The van der Waals surface area contributed by atoms with Crippen LogP contribution in [0.15, 0.2) is 47.5 Å². The lowest BCUT2D eigenvalue weighted by atomic mass is 9.89. The maximum absolute atomic E-state index is 14.0. The molecule has 2 N–H and O–H groups in total. The number of fused-ring (bicyclic) bond motifs is 1. The number of aromatic nitrogens is 1. The number of nitrogens with zero attached hydrogens (tertiary/aromatic N) is 2. The summed E-state index contributed by atoms with van der Waals surface area (Å²) in [6, 6.07) is 8.08. The summed E-state index contributed by atoms with van der Waals surface area (Å²) in [5.41, 5.74) is 2.19. The van der Waals surface area contributed by atoms with Gasteiger partial charge in [0.2, 0.25) is 0 Å². The van der Waals surface area contributed by atoms with Crippen LogP contribution < -0.4 is 4.18 Å². The van der Waals surface area contributed by atoms with E-state index in [0.29, 0.717) is 5.92 Å². The molecule has 0 saturated carbocycles. The molecule has 0 spiro atoms. The zero-order valence-electron chi connectivity index (χ0n) is 20.4. The Labute approximate surface area is 213 Å². The predicted octanol–water partition coefficient (Wildman–Crippen LogP) is 4.06. The molecule has 0 atom stereocenters. The van der Waals surface area contributed by atoms with Gasteiger partial charge in [0.15, 0.2) is 11.6 Å². The fraction of sp³-hybridized carbons (Fsp3) is 0.360. The number of benzene rings is 2. The van der Waals surface area contributed by atoms with Crippen LogP contribution in [-0.4, -0.2) is 60.2 Å². The normalized spacial score (nSPS) is 14.7. The number of likely N-dealkylation sites (tertiary alicyclic amines) is 1. The van der Waals surface area contributed by atoms with Crippen molar-refractivity contribution in [1.82, 2.24) is 9.47 Å². The van der Waals surface area contributed by atoms with Crippen LogP contribution in [0.1, 0.15) is 37.7 Å². The molecule has 0 radical (unpaired) electrons. The molecule has 12 heteroatoms. The highest BCUT2D eigenvalue weighted by Gasteiger charge is 2.26. The molecule has 0 bridgehead atoms. The van der Waals surface area contributed by atoms with Crippen molar-refractivity contribution in [3.05, 3.63) is 59.8 Å². The van der Waals surface area contributed by atoms with E-state index in [9.17, 15) is 17.2 Å². The van der Waals surface area contributed by atoms with Gasteiger partial charge in [-0.15, -0.1) is 0 Å². The maximum atomic E-state index is 14.0. The van der Waals surface area contributed by atoms with Gasteiger partial charge in [-0.25, -0.2) is 18.4 Å². The Bertz CT molecular complexity index is 1390. The van der Waals surface area contributed by atoms with Crippen LogP contribution in [0.5, 0.6) is 5.75 Å². The molecular formula is C25H28F2N2O7S. The maximum Gasteiger partial charge on any atom is 0.414 e. The molecule has 1 fully saturated rings. The summed E-state index contributed by atoms with van der Waals surface area (Å²) in [6.45, 7) is 4.98. The van der Waals surface area contributed by atoms with Crippen molar-refractivity contribution in [2.75, 3.05) is 20.1 Å². The van der Waals surface area contributed by atoms with E-state index in [4.69, 9.17) is 24.0 Å². The van der Waals surface area contributed by atoms with Crippen LogP contribution in [0, 0.1) is 11.6 Å². The van der Waals surface area contributed by atoms with E-state index in [1.54, 1.807) is 12.1 Å². The third kappa shape index (κ3) is 6.63. The van der Waals surface area contributed by atoms with Crippen molar-refractivity contribution >= 4 is 33.0 Å². The fourth-order valence-corrected chi connectivity index (χ4v) is 5.28. The zero-order valence-corrected chi connectivity index (χ0v) is 21.2. The Kier molecular flexibility index (Phi) is 8.87. The third-order valence-corrected chi connectivity index (χ3v) is 7.35. The Morgan fingerprint density at radius 3 is 2.32 bits per heavy atom. The van der Waals surface area contributed by atoms with Crippen molar-refractivity contribution in [2.45, 2.75) is 43.5 Å². The van der Waals surface area contributed by atoms with Crippen molar-refractivity contribution in [3.8, 4) is 5.75 Å². The minimum Gasteiger partial charge on any atom is -0.473 e. The molecule has 37 heavy (non-hydrogen) atoms. The minimum atomic E-state index is -4.51. The van der Waals surface area contributed by atoms with Crippen LogP contribution in [-0.2, 0) is 26.3 Å². The second kappa shape index (κ2) is 11.7. The summed E-state index contributed by atoms with van der Waals surface area (Å²) in [4.78, 5) is 19.7. The summed E-state index contributed by atoms with van der Waals surface area (Å²) in [6.07, 6.45) is 5.19. The molecule has 0 amide bonds. The zero-order chi connectivity index (χ0) is 27.3. The van der Waals surface area contributed by atoms with E-state index in [0.717, 1.165) is 68.0 Å². The molecule has 1 aliphatic rings. The van der Waals surface area contributed by atoms with Crippen molar-refractivity contribution in [1.29, 1.82) is 0 Å². The molecule has 1 aromatic heterocycles. The van der Waals surface area contributed by atoms with Gasteiger partial charge in [0.25, 0.3) is 0 Å². The summed E-state index contributed by atoms with van der Waals surface area (Å²) in [5, 5.41) is 15.7. The number of piperidine rings is 1. The lowest BCUT2D eigenvalue weighted by Gasteiger charge is -2.28. The number of rotatable bonds is 6. The summed E-state index contributed by atoms with van der Waals surface area (Å²) >= 11 is 0. The number of aliphatic carboxylic acids is 2. The molecule has 1 saturated heterocycles. The fourth-order valence-electron chi connectivity index (χ4n) is 4.28. The van der Waals surface area contributed by atoms with Gasteiger partial charge in [-0.3, -0.25) is 0 Å². The van der Waals surface area contributed by atoms with Crippen molar-refractivity contribution in [2.24, 2.45) is 0 Å². The van der Waals surface area contributed by atoms with Crippen molar-refractivity contribution < 1.29 is 41.2 Å². The van der Waals surface area contributed by atoms with Gasteiger partial charge >= 0.3 is 22.1 Å². The Hall–Kier alpha value is -3.51. The quantitative estimate of drug-likeness (QED) is 0.356. The van der Waals surface area contributed by atoms with E-state index in [1.165, 1.54) is 5.56 Å². The number of carboxylic acid groups (broad SMARTS) is 2. The SMILES string of the molecule is CCCn1cc(C2CCN(C)CC2)c2cc(OS(=O)(=O)c3cccc(F)c3F)ccc21.O=C(O)C(=O)O. The number of hydrogen-bond acceptors (Lipinski definition) is 6. The highest BCUT2D eigenvalue weighted by molar-refractivity contribution is 7.87. The van der Waals surface area contributed by atoms with Crippen LogP contribution in [0.2, 0.25) is 0 Å². The number of aryl methyl sites for hydroxylation is 1. The second-order valence-electron chi connectivity index (χ2n) is 8.73. The van der Waals surface area contributed by atoms with E-state index in [-0.39, 0.29) is 5.75 Å². The number of carboxylic acids is 2. The topological polar surface area (TPSA) is 126 Å². The van der Waals surface area contributed by atoms with Crippen LogP contribution >= 0.6 is 0 Å². The number of carbonyl (C=O) groups is 2. The average molecular weight is 539 g/mol. The average Bonchev–Trinajstić information content (AvgIpc) is 3.19. The molecule has 0 aliphatic carbocycles. The first-order chi connectivity index (χ1) is 17.4. The number of halogens is 2. The molecule has 9 nitrogen and oxygen atoms in total. The van der Waals surface area contributed by atoms with Gasteiger partial charge in [0.05, 0.1) is 0 Å². The molecule has 4 rings (SSSR count). The number of hydrogen-bond donors (Lipinski definition) is 2. The minimum absolute atomic E-state index is 0.0830. The molecule has 2 aromatic carbocycles. The van der Waals surface area contributed by atoms with E-state index in [2.05, 4.69) is 29.6 Å². The largest absolute Gasteiger partial charge is 0.473 e. The predicted molar refractivity (Wildman–Crippen MR) is 131 cm³/mol. The van der Waals surface area contributed by atoms with E-state index < -0.39 is 38.6 Å². The lowest BCUT2D eigenvalue weighted by molar-refractivity contribution is -0.159. The molecule has 2 heterocycles. The second-order valence-corrected chi connectivity index (χ2v) is 10.2. The molecular weight excluding hydrogens is 510 g/mol.